The van der Waals surface area contributed by atoms with Crippen LogP contribution in [-0.4, -0.2) is 21.9 Å². The lowest BCUT2D eigenvalue weighted by Crippen LogP contribution is -2.38. The number of aromatic nitrogens is 2. The fourth-order valence-electron chi connectivity index (χ4n) is 3.95. The highest BCUT2D eigenvalue weighted by Crippen LogP contribution is 2.32. The second-order valence-electron chi connectivity index (χ2n) is 7.16. The SMILES string of the molecule is Cc1ccc(F)c2cc(C(=O)N[C@H]3CCC[C@H](c4cccnc4)C3)[nH]c12. The Kier molecular flexibility index (Phi) is 4.45. The number of nitrogens with one attached hydrogen (secondary N) is 2. The molecule has 1 aliphatic carbocycles. The standard InChI is InChI=1S/C21H22FN3O/c1-13-7-8-18(22)17-11-19(25-20(13)17)21(26)24-16-6-2-4-14(10-16)15-5-3-9-23-12-15/h3,5,7-9,11-12,14,16,25H,2,4,6,10H2,1H3,(H,24,26)/t14-,16-/m0/s1. The van der Waals surface area contributed by atoms with Gasteiger partial charge < -0.3 is 10.3 Å². The molecule has 0 unspecified atom stereocenters. The third-order valence-corrected chi connectivity index (χ3v) is 5.36. The highest BCUT2D eigenvalue weighted by molar-refractivity contribution is 5.99. The maximum absolute atomic E-state index is 14.0. The van der Waals surface area contributed by atoms with Gasteiger partial charge in [0.2, 0.25) is 0 Å². The molecule has 134 valence electrons. The summed E-state index contributed by atoms with van der Waals surface area (Å²) in [4.78, 5) is 20.0. The van der Waals surface area contributed by atoms with E-state index in [0.29, 0.717) is 22.5 Å². The van der Waals surface area contributed by atoms with Crippen LogP contribution >= 0.6 is 0 Å². The summed E-state index contributed by atoms with van der Waals surface area (Å²) < 4.78 is 14.0. The number of pyridine rings is 1. The molecule has 4 nitrogen and oxygen atoms in total. The van der Waals surface area contributed by atoms with Crippen LogP contribution in [0.4, 0.5) is 4.39 Å². The minimum atomic E-state index is -0.310. The van der Waals surface area contributed by atoms with Crippen molar-refractivity contribution < 1.29 is 9.18 Å². The van der Waals surface area contributed by atoms with Crippen molar-refractivity contribution in [1.29, 1.82) is 0 Å². The monoisotopic (exact) mass is 351 g/mol. The van der Waals surface area contributed by atoms with Crippen molar-refractivity contribution in [3.05, 3.63) is 65.4 Å². The van der Waals surface area contributed by atoms with Gasteiger partial charge in [-0.15, -0.1) is 0 Å². The van der Waals surface area contributed by atoms with E-state index in [1.54, 1.807) is 18.3 Å². The first-order valence-corrected chi connectivity index (χ1v) is 9.10. The lowest BCUT2D eigenvalue weighted by molar-refractivity contribution is 0.0921. The van der Waals surface area contributed by atoms with E-state index in [9.17, 15) is 9.18 Å². The van der Waals surface area contributed by atoms with Crippen LogP contribution in [0.2, 0.25) is 0 Å². The van der Waals surface area contributed by atoms with Crippen LogP contribution in [0.5, 0.6) is 0 Å². The number of halogens is 1. The van der Waals surface area contributed by atoms with E-state index in [1.165, 1.54) is 11.6 Å². The molecule has 5 heteroatoms. The molecule has 0 aliphatic heterocycles. The first-order valence-electron chi connectivity index (χ1n) is 9.10. The number of amides is 1. The second kappa shape index (κ2) is 6.90. The van der Waals surface area contributed by atoms with Crippen molar-refractivity contribution in [3.8, 4) is 0 Å². The van der Waals surface area contributed by atoms with Gasteiger partial charge in [0.05, 0.1) is 5.52 Å². The molecule has 26 heavy (non-hydrogen) atoms. The fraction of sp³-hybridized carbons (Fsp3) is 0.333. The smallest absolute Gasteiger partial charge is 0.267 e. The van der Waals surface area contributed by atoms with Gasteiger partial charge in [-0.3, -0.25) is 9.78 Å². The number of hydrogen-bond donors (Lipinski definition) is 2. The van der Waals surface area contributed by atoms with E-state index < -0.39 is 0 Å². The third kappa shape index (κ3) is 3.21. The molecular weight excluding hydrogens is 329 g/mol. The molecule has 0 bridgehead atoms. The lowest BCUT2D eigenvalue weighted by Gasteiger charge is -2.29. The predicted octanol–water partition coefficient (Wildman–Crippen LogP) is 4.47. The Bertz CT molecular complexity index is 896. The Morgan fingerprint density at radius 1 is 1.31 bits per heavy atom. The summed E-state index contributed by atoms with van der Waals surface area (Å²) in [5.74, 6) is -0.0582. The number of benzene rings is 1. The first-order chi connectivity index (χ1) is 12.6. The minimum Gasteiger partial charge on any atom is -0.350 e. The number of aromatic amines is 1. The molecule has 2 atom stereocenters. The average molecular weight is 351 g/mol. The van der Waals surface area contributed by atoms with Crippen LogP contribution in [-0.2, 0) is 0 Å². The van der Waals surface area contributed by atoms with E-state index in [4.69, 9.17) is 0 Å². The quantitative estimate of drug-likeness (QED) is 0.732. The summed E-state index contributed by atoms with van der Waals surface area (Å²) in [6, 6.07) is 8.94. The van der Waals surface area contributed by atoms with Crippen LogP contribution in [0, 0.1) is 12.7 Å². The number of aryl methyl sites for hydroxylation is 1. The van der Waals surface area contributed by atoms with E-state index in [0.717, 1.165) is 31.2 Å². The van der Waals surface area contributed by atoms with Gasteiger partial charge in [-0.2, -0.15) is 0 Å². The van der Waals surface area contributed by atoms with Crippen LogP contribution in [0.15, 0.2) is 42.7 Å². The van der Waals surface area contributed by atoms with E-state index in [-0.39, 0.29) is 17.8 Å². The highest BCUT2D eigenvalue weighted by atomic mass is 19.1. The predicted molar refractivity (Wildman–Crippen MR) is 99.7 cm³/mol. The zero-order valence-corrected chi connectivity index (χ0v) is 14.8. The van der Waals surface area contributed by atoms with Crippen LogP contribution < -0.4 is 5.32 Å². The molecule has 1 amide bonds. The van der Waals surface area contributed by atoms with Crippen molar-refractivity contribution in [2.75, 3.05) is 0 Å². The number of hydrogen-bond acceptors (Lipinski definition) is 2. The molecular formula is C21H22FN3O. The topological polar surface area (TPSA) is 57.8 Å². The van der Waals surface area contributed by atoms with Gasteiger partial charge >= 0.3 is 0 Å². The Morgan fingerprint density at radius 2 is 2.19 bits per heavy atom. The summed E-state index contributed by atoms with van der Waals surface area (Å²) in [6.07, 6.45) is 7.77. The van der Waals surface area contributed by atoms with Crippen molar-refractivity contribution in [2.45, 2.75) is 44.6 Å². The number of carbonyl (C=O) groups excluding carboxylic acids is 1. The number of rotatable bonds is 3. The zero-order chi connectivity index (χ0) is 18.1. The van der Waals surface area contributed by atoms with E-state index in [2.05, 4.69) is 21.4 Å². The first kappa shape index (κ1) is 16.8. The molecule has 1 saturated carbocycles. The Labute approximate surface area is 151 Å². The van der Waals surface area contributed by atoms with Crippen LogP contribution in [0.25, 0.3) is 10.9 Å². The number of fused-ring (bicyclic) bond motifs is 1. The third-order valence-electron chi connectivity index (χ3n) is 5.36. The number of nitrogens with zero attached hydrogens (tertiary/aromatic N) is 1. The largest absolute Gasteiger partial charge is 0.350 e. The molecule has 0 spiro atoms. The zero-order valence-electron chi connectivity index (χ0n) is 14.8. The summed E-state index contributed by atoms with van der Waals surface area (Å²) >= 11 is 0. The Hall–Kier alpha value is -2.69. The van der Waals surface area contributed by atoms with Gasteiger partial charge in [-0.05, 0) is 61.4 Å². The normalized spacial score (nSPS) is 20.2. The van der Waals surface area contributed by atoms with Crippen molar-refractivity contribution >= 4 is 16.8 Å². The lowest BCUT2D eigenvalue weighted by atomic mass is 9.82. The highest BCUT2D eigenvalue weighted by Gasteiger charge is 2.25. The van der Waals surface area contributed by atoms with E-state index >= 15 is 0 Å². The maximum atomic E-state index is 14.0. The Balaban J connectivity index is 1.49. The maximum Gasteiger partial charge on any atom is 0.267 e. The van der Waals surface area contributed by atoms with Gasteiger partial charge in [-0.25, -0.2) is 4.39 Å². The summed E-state index contributed by atoms with van der Waals surface area (Å²) in [5.41, 5.74) is 3.26. The second-order valence-corrected chi connectivity index (χ2v) is 7.16. The summed E-state index contributed by atoms with van der Waals surface area (Å²) in [6.45, 7) is 1.90. The summed E-state index contributed by atoms with van der Waals surface area (Å²) in [7, 11) is 0. The van der Waals surface area contributed by atoms with Crippen molar-refractivity contribution in [2.24, 2.45) is 0 Å². The molecule has 2 heterocycles. The molecule has 2 N–H and O–H groups in total. The van der Waals surface area contributed by atoms with Gasteiger partial charge in [0.25, 0.3) is 5.91 Å². The van der Waals surface area contributed by atoms with Crippen LogP contribution in [0.1, 0.15) is 53.2 Å². The molecule has 1 aromatic carbocycles. The van der Waals surface area contributed by atoms with Gasteiger partial charge in [0.1, 0.15) is 11.5 Å². The summed E-state index contributed by atoms with van der Waals surface area (Å²) in [5, 5.41) is 3.59. The van der Waals surface area contributed by atoms with Crippen molar-refractivity contribution in [1.82, 2.24) is 15.3 Å². The van der Waals surface area contributed by atoms with Crippen molar-refractivity contribution in [3.63, 3.8) is 0 Å². The number of H-pyrrole nitrogens is 1. The van der Waals surface area contributed by atoms with Crippen LogP contribution in [0.3, 0.4) is 0 Å². The Morgan fingerprint density at radius 3 is 2.96 bits per heavy atom. The molecule has 1 aliphatic rings. The molecule has 2 aromatic heterocycles. The minimum absolute atomic E-state index is 0.124. The average Bonchev–Trinajstić information content (AvgIpc) is 3.13. The fourth-order valence-corrected chi connectivity index (χ4v) is 3.95. The molecule has 3 aromatic rings. The van der Waals surface area contributed by atoms with Gasteiger partial charge in [-0.1, -0.05) is 18.6 Å². The number of carbonyl (C=O) groups is 1. The van der Waals surface area contributed by atoms with Gasteiger partial charge in [0.15, 0.2) is 0 Å². The van der Waals surface area contributed by atoms with Gasteiger partial charge in [0, 0.05) is 23.8 Å². The van der Waals surface area contributed by atoms with E-state index in [1.807, 2.05) is 19.2 Å². The molecule has 0 saturated heterocycles. The molecule has 1 fully saturated rings. The molecule has 4 rings (SSSR count). The molecule has 0 radical (unpaired) electrons.